The molecule has 0 aliphatic rings. The summed E-state index contributed by atoms with van der Waals surface area (Å²) in [6.07, 6.45) is 2.07. The second-order valence-corrected chi connectivity index (χ2v) is 4.20. The second-order valence-electron chi connectivity index (χ2n) is 3.36. The van der Waals surface area contributed by atoms with Crippen molar-refractivity contribution in [1.82, 2.24) is 0 Å². The number of para-hydroxylation sites is 1. The zero-order valence-electron chi connectivity index (χ0n) is 8.41. The van der Waals surface area contributed by atoms with E-state index in [9.17, 15) is 0 Å². The minimum atomic E-state index is 0.579. The summed E-state index contributed by atoms with van der Waals surface area (Å²) in [5, 5.41) is 0. The van der Waals surface area contributed by atoms with Gasteiger partial charge in [0.25, 0.3) is 0 Å². The number of thioether (sulfide) groups is 1. The van der Waals surface area contributed by atoms with Crippen molar-refractivity contribution in [1.29, 1.82) is 0 Å². The van der Waals surface area contributed by atoms with Gasteiger partial charge < -0.3 is 4.74 Å². The molecule has 0 bridgehead atoms. The minimum Gasteiger partial charge on any atom is -0.492 e. The molecule has 1 rings (SSSR count). The molecule has 1 nitrogen and oxygen atoms in total. The maximum atomic E-state index is 5.67. The van der Waals surface area contributed by atoms with Gasteiger partial charge in [0.2, 0.25) is 0 Å². The van der Waals surface area contributed by atoms with Crippen LogP contribution < -0.4 is 4.74 Å². The normalized spacial score (nSPS) is 10.5. The number of ether oxygens (including phenoxy) is 1. The Hall–Kier alpha value is -0.630. The largest absolute Gasteiger partial charge is 0.492 e. The van der Waals surface area contributed by atoms with Gasteiger partial charge in [0.05, 0.1) is 6.61 Å². The van der Waals surface area contributed by atoms with Crippen molar-refractivity contribution >= 4 is 11.8 Å². The third-order valence-electron chi connectivity index (χ3n) is 1.64. The van der Waals surface area contributed by atoms with E-state index in [1.165, 1.54) is 4.90 Å². The Bertz CT molecular complexity index is 258. The Morgan fingerprint density at radius 1 is 1.31 bits per heavy atom. The number of benzene rings is 1. The summed E-state index contributed by atoms with van der Waals surface area (Å²) in [5.74, 6) is 1.58. The fourth-order valence-electron chi connectivity index (χ4n) is 0.994. The summed E-state index contributed by atoms with van der Waals surface area (Å²) < 4.78 is 5.67. The van der Waals surface area contributed by atoms with Crippen LogP contribution in [0.2, 0.25) is 0 Å². The van der Waals surface area contributed by atoms with Gasteiger partial charge in [0, 0.05) is 4.90 Å². The molecule has 0 fully saturated rings. The Kier molecular flexibility index (Phi) is 4.16. The van der Waals surface area contributed by atoms with E-state index in [1.807, 2.05) is 18.2 Å². The average molecular weight is 196 g/mol. The van der Waals surface area contributed by atoms with Crippen LogP contribution in [0.15, 0.2) is 29.2 Å². The second kappa shape index (κ2) is 5.18. The molecule has 0 saturated carbocycles. The van der Waals surface area contributed by atoms with Gasteiger partial charge in [0.15, 0.2) is 0 Å². The fourth-order valence-corrected chi connectivity index (χ4v) is 1.54. The summed E-state index contributed by atoms with van der Waals surface area (Å²) in [5.41, 5.74) is 0. The van der Waals surface area contributed by atoms with Gasteiger partial charge in [-0.1, -0.05) is 26.0 Å². The van der Waals surface area contributed by atoms with Crippen LogP contribution in [-0.4, -0.2) is 12.9 Å². The fraction of sp³-hybridized carbons (Fsp3) is 0.455. The van der Waals surface area contributed by atoms with Crippen LogP contribution in [0, 0.1) is 5.92 Å². The molecule has 0 N–H and O–H groups in total. The first-order valence-corrected chi connectivity index (χ1v) is 5.72. The van der Waals surface area contributed by atoms with E-state index in [0.29, 0.717) is 5.92 Å². The predicted molar refractivity (Wildman–Crippen MR) is 58.6 cm³/mol. The van der Waals surface area contributed by atoms with Crippen molar-refractivity contribution in [2.75, 3.05) is 12.9 Å². The molecular formula is C11H16OS. The van der Waals surface area contributed by atoms with E-state index < -0.39 is 0 Å². The van der Waals surface area contributed by atoms with E-state index in [1.54, 1.807) is 11.8 Å². The summed E-state index contributed by atoms with van der Waals surface area (Å²) in [6.45, 7) is 5.10. The number of hydrogen-bond acceptors (Lipinski definition) is 2. The SMILES string of the molecule is CSc1ccccc1OCC(C)C. The maximum Gasteiger partial charge on any atom is 0.132 e. The van der Waals surface area contributed by atoms with Gasteiger partial charge in [-0.25, -0.2) is 0 Å². The molecule has 0 unspecified atom stereocenters. The third-order valence-corrected chi connectivity index (χ3v) is 2.42. The van der Waals surface area contributed by atoms with Crippen LogP contribution in [0.5, 0.6) is 5.75 Å². The Balaban J connectivity index is 2.64. The van der Waals surface area contributed by atoms with E-state index in [4.69, 9.17) is 4.74 Å². The lowest BCUT2D eigenvalue weighted by atomic mass is 10.2. The highest BCUT2D eigenvalue weighted by molar-refractivity contribution is 7.98. The van der Waals surface area contributed by atoms with Crippen molar-refractivity contribution in [2.24, 2.45) is 5.92 Å². The summed E-state index contributed by atoms with van der Waals surface area (Å²) >= 11 is 1.72. The first kappa shape index (κ1) is 10.5. The standard InChI is InChI=1S/C11H16OS/c1-9(2)8-12-10-6-4-5-7-11(10)13-3/h4-7,9H,8H2,1-3H3. The Morgan fingerprint density at radius 2 is 2.00 bits per heavy atom. The molecule has 0 amide bonds. The van der Waals surface area contributed by atoms with Gasteiger partial charge in [-0.15, -0.1) is 11.8 Å². The molecule has 0 aromatic heterocycles. The molecule has 1 aromatic carbocycles. The first-order valence-electron chi connectivity index (χ1n) is 4.50. The number of rotatable bonds is 4. The highest BCUT2D eigenvalue weighted by Crippen LogP contribution is 2.26. The van der Waals surface area contributed by atoms with Crippen LogP contribution in [0.25, 0.3) is 0 Å². The zero-order valence-corrected chi connectivity index (χ0v) is 9.23. The lowest BCUT2D eigenvalue weighted by Crippen LogP contribution is -2.04. The van der Waals surface area contributed by atoms with Crippen molar-refractivity contribution in [3.05, 3.63) is 24.3 Å². The number of hydrogen-bond donors (Lipinski definition) is 0. The minimum absolute atomic E-state index is 0.579. The van der Waals surface area contributed by atoms with Gasteiger partial charge in [-0.05, 0) is 24.3 Å². The molecule has 13 heavy (non-hydrogen) atoms. The van der Waals surface area contributed by atoms with Crippen LogP contribution in [0.1, 0.15) is 13.8 Å². The van der Waals surface area contributed by atoms with Gasteiger partial charge in [0.1, 0.15) is 5.75 Å². The van der Waals surface area contributed by atoms with Crippen molar-refractivity contribution < 1.29 is 4.74 Å². The lowest BCUT2D eigenvalue weighted by Gasteiger charge is -2.11. The smallest absolute Gasteiger partial charge is 0.132 e. The van der Waals surface area contributed by atoms with E-state index >= 15 is 0 Å². The molecule has 0 aliphatic heterocycles. The van der Waals surface area contributed by atoms with Crippen molar-refractivity contribution in [3.8, 4) is 5.75 Å². The molecule has 0 heterocycles. The summed E-state index contributed by atoms with van der Waals surface area (Å²) in [7, 11) is 0. The Morgan fingerprint density at radius 3 is 2.62 bits per heavy atom. The monoisotopic (exact) mass is 196 g/mol. The molecule has 0 spiro atoms. The van der Waals surface area contributed by atoms with Crippen LogP contribution >= 0.6 is 11.8 Å². The molecule has 0 saturated heterocycles. The van der Waals surface area contributed by atoms with E-state index in [0.717, 1.165) is 12.4 Å². The van der Waals surface area contributed by atoms with Crippen LogP contribution in [-0.2, 0) is 0 Å². The molecular weight excluding hydrogens is 180 g/mol. The molecule has 0 radical (unpaired) electrons. The van der Waals surface area contributed by atoms with Crippen molar-refractivity contribution in [2.45, 2.75) is 18.7 Å². The van der Waals surface area contributed by atoms with Gasteiger partial charge in [-0.2, -0.15) is 0 Å². The highest BCUT2D eigenvalue weighted by Gasteiger charge is 2.01. The van der Waals surface area contributed by atoms with Gasteiger partial charge >= 0.3 is 0 Å². The zero-order chi connectivity index (χ0) is 9.68. The topological polar surface area (TPSA) is 9.23 Å². The predicted octanol–water partition coefficient (Wildman–Crippen LogP) is 3.44. The van der Waals surface area contributed by atoms with Gasteiger partial charge in [-0.3, -0.25) is 0 Å². The van der Waals surface area contributed by atoms with E-state index in [2.05, 4.69) is 26.2 Å². The summed E-state index contributed by atoms with van der Waals surface area (Å²) in [4.78, 5) is 1.21. The Labute approximate surface area is 84.5 Å². The molecule has 0 aliphatic carbocycles. The maximum absolute atomic E-state index is 5.67. The quantitative estimate of drug-likeness (QED) is 0.682. The third kappa shape index (κ3) is 3.31. The molecule has 0 atom stereocenters. The molecule has 2 heteroatoms. The van der Waals surface area contributed by atoms with Crippen LogP contribution in [0.4, 0.5) is 0 Å². The van der Waals surface area contributed by atoms with Crippen molar-refractivity contribution in [3.63, 3.8) is 0 Å². The average Bonchev–Trinajstić information content (AvgIpc) is 2.15. The molecule has 1 aromatic rings. The van der Waals surface area contributed by atoms with Crippen LogP contribution in [0.3, 0.4) is 0 Å². The van der Waals surface area contributed by atoms with E-state index in [-0.39, 0.29) is 0 Å². The molecule has 72 valence electrons. The first-order chi connectivity index (χ1) is 6.24. The lowest BCUT2D eigenvalue weighted by molar-refractivity contribution is 0.265. The summed E-state index contributed by atoms with van der Waals surface area (Å²) in [6, 6.07) is 8.15. The highest BCUT2D eigenvalue weighted by atomic mass is 32.2.